The van der Waals surface area contributed by atoms with E-state index in [4.69, 9.17) is 5.73 Å². The first-order valence-electron chi connectivity index (χ1n) is 8.67. The van der Waals surface area contributed by atoms with Crippen LogP contribution >= 0.6 is 0 Å². The highest BCUT2D eigenvalue weighted by Gasteiger charge is 2.09. The predicted octanol–water partition coefficient (Wildman–Crippen LogP) is 4.13. The van der Waals surface area contributed by atoms with E-state index in [0.717, 1.165) is 23.1 Å². The molecule has 4 nitrogen and oxygen atoms in total. The van der Waals surface area contributed by atoms with Gasteiger partial charge in [-0.05, 0) is 56.6 Å². The smallest absolute Gasteiger partial charge is 0.0651 e. The number of hydrogen-bond acceptors (Lipinski definition) is 3. The van der Waals surface area contributed by atoms with Crippen LogP contribution in [0.3, 0.4) is 0 Å². The van der Waals surface area contributed by atoms with Gasteiger partial charge in [0.1, 0.15) is 0 Å². The van der Waals surface area contributed by atoms with Crippen LogP contribution in [0.25, 0.3) is 10.9 Å². The first kappa shape index (κ1) is 16.5. The molecular weight excluding hydrogens is 296 g/mol. The second-order valence-corrected chi connectivity index (χ2v) is 6.54. The number of anilines is 1. The quantitative estimate of drug-likeness (QED) is 0.698. The minimum absolute atomic E-state index is 0.772. The van der Waals surface area contributed by atoms with Gasteiger partial charge in [0.25, 0.3) is 0 Å². The van der Waals surface area contributed by atoms with E-state index >= 15 is 0 Å². The Kier molecular flexibility index (Phi) is 5.49. The van der Waals surface area contributed by atoms with Crippen LogP contribution in [0.2, 0.25) is 0 Å². The monoisotopic (exact) mass is 322 g/mol. The third kappa shape index (κ3) is 4.59. The number of hydrogen-bond donors (Lipinski definition) is 2. The molecule has 4 heteroatoms. The van der Waals surface area contributed by atoms with Gasteiger partial charge in [0.2, 0.25) is 0 Å². The number of nitrogens with zero attached hydrogens (tertiary/aromatic N) is 2. The zero-order chi connectivity index (χ0) is 16.8. The Morgan fingerprint density at radius 2 is 1.79 bits per heavy atom. The number of aryl methyl sites for hydroxylation is 1. The molecule has 0 amide bonds. The van der Waals surface area contributed by atoms with Crippen molar-refractivity contribution in [3.8, 4) is 0 Å². The molecule has 4 rings (SSSR count). The molecule has 2 heterocycles. The first-order valence-corrected chi connectivity index (χ1v) is 8.67. The number of benzene rings is 2. The first-order chi connectivity index (χ1) is 11.7. The van der Waals surface area contributed by atoms with E-state index in [1.54, 1.807) is 6.20 Å². The summed E-state index contributed by atoms with van der Waals surface area (Å²) in [6, 6.07) is 14.6. The molecule has 1 saturated heterocycles. The van der Waals surface area contributed by atoms with Crippen LogP contribution in [-0.4, -0.2) is 28.2 Å². The topological polar surface area (TPSA) is 57.9 Å². The maximum atomic E-state index is 5.54. The van der Waals surface area contributed by atoms with Gasteiger partial charge >= 0.3 is 0 Å². The summed E-state index contributed by atoms with van der Waals surface area (Å²) in [5.74, 6) is 0. The summed E-state index contributed by atoms with van der Waals surface area (Å²) in [4.78, 5) is 2.56. The Bertz CT molecular complexity index is 755. The lowest BCUT2D eigenvalue weighted by Gasteiger charge is -2.26. The largest absolute Gasteiger partial charge is 0.399 e. The zero-order valence-electron chi connectivity index (χ0n) is 14.3. The average Bonchev–Trinajstić information content (AvgIpc) is 3.06. The maximum absolute atomic E-state index is 5.54. The van der Waals surface area contributed by atoms with Gasteiger partial charge in [-0.2, -0.15) is 5.10 Å². The molecular formula is C20H26N4. The van der Waals surface area contributed by atoms with Crippen molar-refractivity contribution >= 4 is 16.6 Å². The normalized spacial score (nSPS) is 15.0. The minimum Gasteiger partial charge on any atom is -0.399 e. The highest BCUT2D eigenvalue weighted by molar-refractivity contribution is 5.81. The Morgan fingerprint density at radius 3 is 2.54 bits per heavy atom. The van der Waals surface area contributed by atoms with Crippen LogP contribution in [0.4, 0.5) is 5.69 Å². The predicted molar refractivity (Wildman–Crippen MR) is 101 cm³/mol. The Morgan fingerprint density at radius 1 is 1.04 bits per heavy atom. The number of nitrogen functional groups attached to an aromatic ring is 1. The number of aromatic amines is 1. The number of fused-ring (bicyclic) bond motifs is 1. The summed E-state index contributed by atoms with van der Waals surface area (Å²) < 4.78 is 0. The van der Waals surface area contributed by atoms with E-state index in [1.807, 2.05) is 18.2 Å². The van der Waals surface area contributed by atoms with Gasteiger partial charge in [-0.25, -0.2) is 0 Å². The van der Waals surface area contributed by atoms with Crippen LogP contribution < -0.4 is 5.73 Å². The molecule has 24 heavy (non-hydrogen) atoms. The molecule has 1 aliphatic heterocycles. The van der Waals surface area contributed by atoms with E-state index in [1.165, 1.54) is 43.5 Å². The van der Waals surface area contributed by atoms with Gasteiger partial charge in [-0.1, -0.05) is 36.2 Å². The molecule has 0 spiro atoms. The van der Waals surface area contributed by atoms with E-state index in [9.17, 15) is 0 Å². The summed E-state index contributed by atoms with van der Waals surface area (Å²) in [5, 5.41) is 7.76. The number of aromatic nitrogens is 2. The molecule has 0 radical (unpaired) electrons. The average molecular weight is 322 g/mol. The highest BCUT2D eigenvalue weighted by Crippen LogP contribution is 2.14. The molecule has 1 aromatic heterocycles. The Labute approximate surface area is 143 Å². The van der Waals surface area contributed by atoms with Gasteiger partial charge in [0.05, 0.1) is 11.7 Å². The molecule has 0 bridgehead atoms. The van der Waals surface area contributed by atoms with Crippen LogP contribution in [0.15, 0.2) is 48.7 Å². The van der Waals surface area contributed by atoms with E-state index < -0.39 is 0 Å². The van der Waals surface area contributed by atoms with Gasteiger partial charge in [-0.3, -0.25) is 10.00 Å². The molecule has 0 saturated carbocycles. The molecule has 0 unspecified atom stereocenters. The number of likely N-dealkylation sites (tertiary alicyclic amines) is 1. The second-order valence-electron chi connectivity index (χ2n) is 6.54. The zero-order valence-corrected chi connectivity index (χ0v) is 14.3. The van der Waals surface area contributed by atoms with Crippen molar-refractivity contribution in [2.45, 2.75) is 32.7 Å². The molecule has 2 aromatic carbocycles. The SMILES string of the molecule is Cc1ccc(CN2CCCCC2)cc1.Nc1ccc2[nH]ncc2c1. The lowest BCUT2D eigenvalue weighted by atomic mass is 10.1. The van der Waals surface area contributed by atoms with Crippen LogP contribution in [0, 0.1) is 6.92 Å². The van der Waals surface area contributed by atoms with Crippen molar-refractivity contribution in [3.63, 3.8) is 0 Å². The molecule has 3 aromatic rings. The second kappa shape index (κ2) is 7.97. The van der Waals surface area contributed by atoms with Crippen molar-refractivity contribution in [3.05, 3.63) is 59.8 Å². The summed E-state index contributed by atoms with van der Waals surface area (Å²) in [6.07, 6.45) is 5.94. The van der Waals surface area contributed by atoms with Gasteiger partial charge in [-0.15, -0.1) is 0 Å². The molecule has 3 N–H and O–H groups in total. The lowest BCUT2D eigenvalue weighted by Crippen LogP contribution is -2.28. The molecule has 1 aliphatic rings. The van der Waals surface area contributed by atoms with Gasteiger partial charge in [0, 0.05) is 17.6 Å². The van der Waals surface area contributed by atoms with Gasteiger partial charge < -0.3 is 5.73 Å². The molecule has 0 aliphatic carbocycles. The fourth-order valence-corrected chi connectivity index (χ4v) is 3.03. The van der Waals surface area contributed by atoms with Crippen molar-refractivity contribution in [1.29, 1.82) is 0 Å². The van der Waals surface area contributed by atoms with E-state index in [0.29, 0.717) is 0 Å². The number of nitrogens with two attached hydrogens (primary N) is 1. The third-order valence-corrected chi connectivity index (χ3v) is 4.44. The lowest BCUT2D eigenvalue weighted by molar-refractivity contribution is 0.221. The van der Waals surface area contributed by atoms with Crippen molar-refractivity contribution in [2.75, 3.05) is 18.8 Å². The fourth-order valence-electron chi connectivity index (χ4n) is 3.03. The number of rotatable bonds is 2. The third-order valence-electron chi connectivity index (χ3n) is 4.44. The van der Waals surface area contributed by atoms with Crippen LogP contribution in [0.1, 0.15) is 30.4 Å². The maximum Gasteiger partial charge on any atom is 0.0651 e. The molecule has 1 fully saturated rings. The highest BCUT2D eigenvalue weighted by atomic mass is 15.1. The van der Waals surface area contributed by atoms with Crippen molar-refractivity contribution < 1.29 is 0 Å². The number of H-pyrrole nitrogens is 1. The van der Waals surface area contributed by atoms with E-state index in [2.05, 4.69) is 46.3 Å². The summed E-state index contributed by atoms with van der Waals surface area (Å²) in [6.45, 7) is 5.85. The standard InChI is InChI=1S/C13H19N.C7H7N3/c1-12-5-7-13(8-6-12)11-14-9-3-2-4-10-14;8-6-1-2-7-5(3-6)4-9-10-7/h5-8H,2-4,9-11H2,1H3;1-4H,8H2,(H,9,10). The van der Waals surface area contributed by atoms with Crippen LogP contribution in [-0.2, 0) is 6.54 Å². The fraction of sp³-hybridized carbons (Fsp3) is 0.350. The summed E-state index contributed by atoms with van der Waals surface area (Å²) in [5.41, 5.74) is 10.1. The van der Waals surface area contributed by atoms with Crippen molar-refractivity contribution in [1.82, 2.24) is 15.1 Å². The molecule has 0 atom stereocenters. The summed E-state index contributed by atoms with van der Waals surface area (Å²) in [7, 11) is 0. The Balaban J connectivity index is 0.000000149. The van der Waals surface area contributed by atoms with E-state index in [-0.39, 0.29) is 0 Å². The van der Waals surface area contributed by atoms with Crippen molar-refractivity contribution in [2.24, 2.45) is 0 Å². The minimum atomic E-state index is 0.772. The van der Waals surface area contributed by atoms with Gasteiger partial charge in [0.15, 0.2) is 0 Å². The number of nitrogens with one attached hydrogen (secondary N) is 1. The number of piperidine rings is 1. The van der Waals surface area contributed by atoms with Crippen LogP contribution in [0.5, 0.6) is 0 Å². The Hall–Kier alpha value is -2.33. The molecule has 126 valence electrons. The summed E-state index contributed by atoms with van der Waals surface area (Å²) >= 11 is 0.